The molecule has 0 aromatic heterocycles. The monoisotopic (exact) mass is 319 g/mol. The minimum absolute atomic E-state index is 0.0180. The summed E-state index contributed by atoms with van der Waals surface area (Å²) in [7, 11) is 1.03. The largest absolute Gasteiger partial charge is 0.493 e. The number of hydrogen-bond acceptors (Lipinski definition) is 6. The van der Waals surface area contributed by atoms with Crippen LogP contribution in [0.3, 0.4) is 0 Å². The fourth-order valence-electron chi connectivity index (χ4n) is 1.69. The van der Waals surface area contributed by atoms with Crippen molar-refractivity contribution in [3.8, 4) is 11.5 Å². The second kappa shape index (κ2) is 6.74. The molecule has 0 saturated heterocycles. The Labute approximate surface area is 122 Å². The van der Waals surface area contributed by atoms with Crippen molar-refractivity contribution in [1.29, 1.82) is 0 Å². The molecule has 0 aliphatic rings. The third-order valence-electron chi connectivity index (χ3n) is 2.73. The van der Waals surface area contributed by atoms with E-state index in [1.54, 1.807) is 0 Å². The molecule has 0 aliphatic carbocycles. The lowest BCUT2D eigenvalue weighted by molar-refractivity contribution is -0.136. The molecular weight excluding hydrogens is 302 g/mol. The Hall–Kier alpha value is -1.84. The van der Waals surface area contributed by atoms with E-state index in [4.69, 9.17) is 19.4 Å². The van der Waals surface area contributed by atoms with Crippen LogP contribution in [0.5, 0.6) is 11.5 Å². The number of carbonyl (C=O) groups is 1. The van der Waals surface area contributed by atoms with Crippen molar-refractivity contribution in [3.05, 3.63) is 17.7 Å². The maximum atomic E-state index is 12.4. The van der Waals surface area contributed by atoms with Crippen molar-refractivity contribution in [2.75, 3.05) is 28.4 Å². The van der Waals surface area contributed by atoms with Crippen LogP contribution in [0.15, 0.2) is 17.0 Å². The lowest BCUT2D eigenvalue weighted by Crippen LogP contribution is -2.26. The summed E-state index contributed by atoms with van der Waals surface area (Å²) in [6, 6.07) is 2.64. The maximum Gasteiger partial charge on any atom is 0.307 e. The summed E-state index contributed by atoms with van der Waals surface area (Å²) >= 11 is 0. The highest BCUT2D eigenvalue weighted by atomic mass is 32.2. The molecular formula is C12H17NO7S. The number of methoxy groups -OCH3 is 2. The molecule has 1 N–H and O–H groups in total. The summed E-state index contributed by atoms with van der Waals surface area (Å²) < 4.78 is 35.5. The van der Waals surface area contributed by atoms with Crippen LogP contribution in [-0.2, 0) is 26.1 Å². The number of aliphatic carboxylic acids is 1. The fraction of sp³-hybridized carbons (Fsp3) is 0.417. The molecule has 0 aliphatic heterocycles. The van der Waals surface area contributed by atoms with Gasteiger partial charge in [0, 0.05) is 7.05 Å². The predicted octanol–water partition coefficient (Wildman–Crippen LogP) is 0.513. The Bertz CT molecular complexity index is 627. The van der Waals surface area contributed by atoms with Gasteiger partial charge in [0.15, 0.2) is 11.5 Å². The van der Waals surface area contributed by atoms with Crippen molar-refractivity contribution in [3.63, 3.8) is 0 Å². The van der Waals surface area contributed by atoms with Gasteiger partial charge in [0.1, 0.15) is 4.90 Å². The Balaban J connectivity index is 3.57. The fourth-order valence-corrected chi connectivity index (χ4v) is 2.88. The third-order valence-corrected chi connectivity index (χ3v) is 4.42. The SMILES string of the molecule is COc1cc(CC(=O)O)cc(S(=O)(=O)N(C)OC)c1OC. The highest BCUT2D eigenvalue weighted by Crippen LogP contribution is 2.37. The van der Waals surface area contributed by atoms with Crippen LogP contribution in [0.2, 0.25) is 0 Å². The summed E-state index contributed by atoms with van der Waals surface area (Å²) in [5.41, 5.74) is 0.267. The standard InChI is InChI=1S/C12H17NO7S/c1-13(20-4)21(16,17)10-6-8(7-11(14)15)5-9(18-2)12(10)19-3/h5-6H,7H2,1-4H3,(H,14,15). The van der Waals surface area contributed by atoms with Crippen LogP contribution < -0.4 is 9.47 Å². The smallest absolute Gasteiger partial charge is 0.307 e. The molecule has 1 aromatic rings. The van der Waals surface area contributed by atoms with Crippen LogP contribution in [0, 0.1) is 0 Å². The van der Waals surface area contributed by atoms with Crippen molar-refractivity contribution in [2.24, 2.45) is 0 Å². The van der Waals surface area contributed by atoms with Gasteiger partial charge in [-0.3, -0.25) is 9.63 Å². The van der Waals surface area contributed by atoms with Crippen LogP contribution in [0.4, 0.5) is 0 Å². The van der Waals surface area contributed by atoms with Crippen LogP contribution >= 0.6 is 0 Å². The van der Waals surface area contributed by atoms with E-state index in [1.807, 2.05) is 0 Å². The number of benzene rings is 1. The third kappa shape index (κ3) is 3.63. The first-order chi connectivity index (χ1) is 9.77. The lowest BCUT2D eigenvalue weighted by atomic mass is 10.1. The lowest BCUT2D eigenvalue weighted by Gasteiger charge is -2.19. The van der Waals surface area contributed by atoms with E-state index < -0.39 is 16.0 Å². The predicted molar refractivity (Wildman–Crippen MR) is 72.8 cm³/mol. The molecule has 0 fully saturated rings. The zero-order chi connectivity index (χ0) is 16.2. The molecule has 8 nitrogen and oxygen atoms in total. The molecule has 0 heterocycles. The second-order valence-corrected chi connectivity index (χ2v) is 5.90. The summed E-state index contributed by atoms with van der Waals surface area (Å²) in [6.45, 7) is 0. The first-order valence-electron chi connectivity index (χ1n) is 5.77. The zero-order valence-electron chi connectivity index (χ0n) is 12.1. The van der Waals surface area contributed by atoms with Crippen molar-refractivity contribution < 1.29 is 32.6 Å². The number of ether oxygens (including phenoxy) is 2. The van der Waals surface area contributed by atoms with Crippen LogP contribution in [0.25, 0.3) is 0 Å². The molecule has 0 amide bonds. The number of nitrogens with zero attached hydrogens (tertiary/aromatic N) is 1. The number of hydrogen-bond donors (Lipinski definition) is 1. The molecule has 118 valence electrons. The number of rotatable bonds is 7. The molecule has 9 heteroatoms. The van der Waals surface area contributed by atoms with Gasteiger partial charge in [0.2, 0.25) is 0 Å². The number of carboxylic acids is 1. The Morgan fingerprint density at radius 3 is 2.29 bits per heavy atom. The average Bonchev–Trinajstić information content (AvgIpc) is 2.44. The van der Waals surface area contributed by atoms with E-state index in [1.165, 1.54) is 40.5 Å². The first kappa shape index (κ1) is 17.2. The number of carboxylic acid groups (broad SMARTS) is 1. The van der Waals surface area contributed by atoms with Crippen molar-refractivity contribution in [1.82, 2.24) is 4.47 Å². The first-order valence-corrected chi connectivity index (χ1v) is 7.21. The molecule has 1 aromatic carbocycles. The Morgan fingerprint density at radius 1 is 1.24 bits per heavy atom. The van der Waals surface area contributed by atoms with Crippen LogP contribution in [0.1, 0.15) is 5.56 Å². The van der Waals surface area contributed by atoms with Gasteiger partial charge in [0.25, 0.3) is 10.0 Å². The highest BCUT2D eigenvalue weighted by Gasteiger charge is 2.28. The van der Waals surface area contributed by atoms with E-state index in [0.717, 1.165) is 0 Å². The summed E-state index contributed by atoms with van der Waals surface area (Å²) in [5.74, 6) is -0.986. The van der Waals surface area contributed by atoms with Crippen molar-refractivity contribution >= 4 is 16.0 Å². The van der Waals surface area contributed by atoms with E-state index in [9.17, 15) is 13.2 Å². The van der Waals surface area contributed by atoms with E-state index >= 15 is 0 Å². The molecule has 0 unspecified atom stereocenters. The minimum atomic E-state index is -4.01. The van der Waals surface area contributed by atoms with Crippen LogP contribution in [-0.4, -0.2) is 52.3 Å². The van der Waals surface area contributed by atoms with E-state index in [-0.39, 0.29) is 28.4 Å². The normalized spacial score (nSPS) is 11.5. The summed E-state index contributed by atoms with van der Waals surface area (Å²) in [6.07, 6.45) is -0.348. The molecule has 0 radical (unpaired) electrons. The van der Waals surface area contributed by atoms with E-state index in [2.05, 4.69) is 0 Å². The average molecular weight is 319 g/mol. The van der Waals surface area contributed by atoms with Gasteiger partial charge in [-0.05, 0) is 17.7 Å². The topological polar surface area (TPSA) is 102 Å². The summed E-state index contributed by atoms with van der Waals surface area (Å²) in [5, 5.41) is 8.85. The molecule has 0 bridgehead atoms. The van der Waals surface area contributed by atoms with Gasteiger partial charge < -0.3 is 14.6 Å². The van der Waals surface area contributed by atoms with Crippen molar-refractivity contribution in [2.45, 2.75) is 11.3 Å². The molecule has 1 rings (SSSR count). The molecule has 0 spiro atoms. The Morgan fingerprint density at radius 2 is 1.86 bits per heavy atom. The quantitative estimate of drug-likeness (QED) is 0.731. The van der Waals surface area contributed by atoms with E-state index in [0.29, 0.717) is 4.47 Å². The van der Waals surface area contributed by atoms with Gasteiger partial charge in [-0.1, -0.05) is 4.47 Å². The molecule has 21 heavy (non-hydrogen) atoms. The van der Waals surface area contributed by atoms with Gasteiger partial charge in [0.05, 0.1) is 27.8 Å². The second-order valence-electron chi connectivity index (χ2n) is 4.00. The number of sulfonamides is 1. The van der Waals surface area contributed by atoms with Gasteiger partial charge in [-0.25, -0.2) is 8.42 Å². The Kier molecular flexibility index (Phi) is 5.53. The summed E-state index contributed by atoms with van der Waals surface area (Å²) in [4.78, 5) is 15.3. The van der Waals surface area contributed by atoms with Gasteiger partial charge in [-0.2, -0.15) is 0 Å². The molecule has 0 saturated carbocycles. The van der Waals surface area contributed by atoms with Gasteiger partial charge in [-0.15, -0.1) is 0 Å². The maximum absolute atomic E-state index is 12.4. The van der Waals surface area contributed by atoms with Gasteiger partial charge >= 0.3 is 5.97 Å². The zero-order valence-corrected chi connectivity index (χ0v) is 12.9. The minimum Gasteiger partial charge on any atom is -0.493 e. The highest BCUT2D eigenvalue weighted by molar-refractivity contribution is 7.89. The molecule has 0 atom stereocenters. The number of hydroxylamine groups is 1.